The molecule has 0 spiro atoms. The molecule has 1 atom stereocenters. The monoisotopic (exact) mass is 198 g/mol. The average molecular weight is 198 g/mol. The molecule has 2 N–H and O–H groups in total. The largest absolute Gasteiger partial charge is 0.330 e. The topological polar surface area (TPSA) is 29.3 Å². The van der Waals surface area contributed by atoms with E-state index >= 15 is 0 Å². The van der Waals surface area contributed by atoms with Gasteiger partial charge >= 0.3 is 0 Å². The molecular formula is C12H26N2. The van der Waals surface area contributed by atoms with E-state index in [0.29, 0.717) is 11.5 Å². The molecule has 2 heteroatoms. The summed E-state index contributed by atoms with van der Waals surface area (Å²) in [4.78, 5) is 2.38. The van der Waals surface area contributed by atoms with Crippen molar-refractivity contribution in [1.82, 2.24) is 4.90 Å². The third-order valence-electron chi connectivity index (χ3n) is 3.78. The zero-order chi connectivity index (χ0) is 10.8. The molecule has 1 aliphatic rings. The lowest BCUT2D eigenvalue weighted by atomic mass is 9.62. The van der Waals surface area contributed by atoms with Crippen LogP contribution in [0.15, 0.2) is 0 Å². The molecule has 0 aromatic rings. The smallest absolute Gasteiger partial charge is 0.0160 e. The molecule has 1 rings (SSSR count). The van der Waals surface area contributed by atoms with Gasteiger partial charge in [-0.25, -0.2) is 0 Å². The van der Waals surface area contributed by atoms with Gasteiger partial charge in [0.15, 0.2) is 0 Å². The van der Waals surface area contributed by atoms with E-state index < -0.39 is 0 Å². The highest BCUT2D eigenvalue weighted by molar-refractivity contribution is 4.98. The molecule has 0 heterocycles. The van der Waals surface area contributed by atoms with Crippen LogP contribution >= 0.6 is 0 Å². The Morgan fingerprint density at radius 3 is 2.07 bits per heavy atom. The second kappa shape index (κ2) is 4.63. The van der Waals surface area contributed by atoms with Crippen molar-refractivity contribution in [2.45, 2.75) is 45.6 Å². The van der Waals surface area contributed by atoms with Gasteiger partial charge in [-0.3, -0.25) is 0 Å². The zero-order valence-corrected chi connectivity index (χ0v) is 10.2. The highest BCUT2D eigenvalue weighted by atomic mass is 15.1. The van der Waals surface area contributed by atoms with E-state index in [4.69, 9.17) is 5.73 Å². The Bertz CT molecular complexity index is 166. The van der Waals surface area contributed by atoms with Crippen LogP contribution in [0.3, 0.4) is 0 Å². The van der Waals surface area contributed by atoms with E-state index in [1.807, 2.05) is 0 Å². The van der Waals surface area contributed by atoms with Gasteiger partial charge in [0.05, 0.1) is 0 Å². The van der Waals surface area contributed by atoms with E-state index in [9.17, 15) is 0 Å². The van der Waals surface area contributed by atoms with Crippen LogP contribution in [0.5, 0.6) is 0 Å². The molecule has 2 nitrogen and oxygen atoms in total. The summed E-state index contributed by atoms with van der Waals surface area (Å²) in [5, 5.41) is 0. The first-order valence-electron chi connectivity index (χ1n) is 5.88. The van der Waals surface area contributed by atoms with Gasteiger partial charge in [0.2, 0.25) is 0 Å². The highest BCUT2D eigenvalue weighted by Crippen LogP contribution is 2.46. The lowest BCUT2D eigenvalue weighted by molar-refractivity contribution is 0.0177. The second-order valence-electron chi connectivity index (χ2n) is 5.53. The van der Waals surface area contributed by atoms with Crippen molar-refractivity contribution in [1.29, 1.82) is 0 Å². The van der Waals surface area contributed by atoms with Crippen molar-refractivity contribution in [3.8, 4) is 0 Å². The summed E-state index contributed by atoms with van der Waals surface area (Å²) in [6.45, 7) is 5.47. The van der Waals surface area contributed by atoms with Crippen molar-refractivity contribution in [3.05, 3.63) is 0 Å². The maximum atomic E-state index is 5.96. The highest BCUT2D eigenvalue weighted by Gasteiger charge is 2.43. The van der Waals surface area contributed by atoms with Crippen molar-refractivity contribution < 1.29 is 0 Å². The van der Waals surface area contributed by atoms with Crippen LogP contribution in [0.4, 0.5) is 0 Å². The minimum absolute atomic E-state index is 0.438. The van der Waals surface area contributed by atoms with Gasteiger partial charge in [-0.2, -0.15) is 0 Å². The van der Waals surface area contributed by atoms with Gasteiger partial charge in [-0.1, -0.05) is 20.3 Å². The van der Waals surface area contributed by atoms with Crippen molar-refractivity contribution in [2.75, 3.05) is 20.6 Å². The maximum Gasteiger partial charge on any atom is 0.0160 e. The molecule has 14 heavy (non-hydrogen) atoms. The van der Waals surface area contributed by atoms with E-state index in [0.717, 1.165) is 12.5 Å². The minimum Gasteiger partial charge on any atom is -0.330 e. The predicted molar refractivity (Wildman–Crippen MR) is 62.3 cm³/mol. The average Bonchev–Trinajstić information content (AvgIpc) is 2.00. The molecule has 0 aromatic heterocycles. The zero-order valence-electron chi connectivity index (χ0n) is 10.2. The van der Waals surface area contributed by atoms with Gasteiger partial charge in [0.25, 0.3) is 0 Å². The number of hydrogen-bond acceptors (Lipinski definition) is 2. The van der Waals surface area contributed by atoms with Crippen LogP contribution in [0.25, 0.3) is 0 Å². The van der Waals surface area contributed by atoms with Gasteiger partial charge in [0.1, 0.15) is 0 Å². The maximum absolute atomic E-state index is 5.96. The standard InChI is InChI=1S/C12H26N2/c1-10(2)8-11(14(3)4)12(9-13)6-5-7-12/h10-11H,5-9,13H2,1-4H3. The second-order valence-corrected chi connectivity index (χ2v) is 5.53. The van der Waals surface area contributed by atoms with Crippen molar-refractivity contribution in [2.24, 2.45) is 17.1 Å². The van der Waals surface area contributed by atoms with Crippen LogP contribution < -0.4 is 5.73 Å². The number of nitrogens with two attached hydrogens (primary N) is 1. The van der Waals surface area contributed by atoms with Crippen LogP contribution in [-0.2, 0) is 0 Å². The molecule has 1 fully saturated rings. The Morgan fingerprint density at radius 1 is 1.29 bits per heavy atom. The number of rotatable bonds is 5. The fourth-order valence-corrected chi connectivity index (χ4v) is 2.76. The summed E-state index contributed by atoms with van der Waals surface area (Å²) < 4.78 is 0. The minimum atomic E-state index is 0.438. The molecule has 1 aliphatic carbocycles. The fraction of sp³-hybridized carbons (Fsp3) is 1.00. The molecule has 0 radical (unpaired) electrons. The van der Waals surface area contributed by atoms with Crippen LogP contribution in [0.2, 0.25) is 0 Å². The molecule has 0 bridgehead atoms. The predicted octanol–water partition coefficient (Wildman–Crippen LogP) is 2.09. The lowest BCUT2D eigenvalue weighted by Gasteiger charge is -2.50. The van der Waals surface area contributed by atoms with E-state index in [2.05, 4.69) is 32.8 Å². The van der Waals surface area contributed by atoms with Crippen LogP contribution in [0, 0.1) is 11.3 Å². The van der Waals surface area contributed by atoms with E-state index in [1.165, 1.54) is 25.7 Å². The summed E-state index contributed by atoms with van der Waals surface area (Å²) in [5.41, 5.74) is 6.39. The molecular weight excluding hydrogens is 172 g/mol. The summed E-state index contributed by atoms with van der Waals surface area (Å²) in [7, 11) is 4.39. The van der Waals surface area contributed by atoms with Crippen molar-refractivity contribution in [3.63, 3.8) is 0 Å². The summed E-state index contributed by atoms with van der Waals surface area (Å²) in [6, 6.07) is 0.682. The van der Waals surface area contributed by atoms with Crippen molar-refractivity contribution >= 4 is 0 Å². The van der Waals surface area contributed by atoms with Crippen LogP contribution in [-0.4, -0.2) is 31.6 Å². The normalized spacial score (nSPS) is 22.5. The van der Waals surface area contributed by atoms with Crippen LogP contribution in [0.1, 0.15) is 39.5 Å². The van der Waals surface area contributed by atoms with Gasteiger partial charge in [0, 0.05) is 6.04 Å². The molecule has 1 unspecified atom stereocenters. The van der Waals surface area contributed by atoms with Gasteiger partial charge in [-0.05, 0) is 51.2 Å². The van der Waals surface area contributed by atoms with E-state index in [-0.39, 0.29) is 0 Å². The number of nitrogens with zero attached hydrogens (tertiary/aromatic N) is 1. The Morgan fingerprint density at radius 2 is 1.86 bits per heavy atom. The number of hydrogen-bond donors (Lipinski definition) is 1. The third kappa shape index (κ3) is 2.29. The fourth-order valence-electron chi connectivity index (χ4n) is 2.76. The molecule has 84 valence electrons. The Balaban J connectivity index is 2.65. The Kier molecular flexibility index (Phi) is 3.96. The SMILES string of the molecule is CC(C)CC(N(C)C)C1(CN)CCC1. The van der Waals surface area contributed by atoms with E-state index in [1.54, 1.807) is 0 Å². The molecule has 1 saturated carbocycles. The first-order chi connectivity index (χ1) is 6.52. The molecule has 0 aliphatic heterocycles. The first-order valence-corrected chi connectivity index (χ1v) is 5.88. The first kappa shape index (κ1) is 12.0. The quantitative estimate of drug-likeness (QED) is 0.733. The third-order valence-corrected chi connectivity index (χ3v) is 3.78. The summed E-state index contributed by atoms with van der Waals surface area (Å²) in [5.74, 6) is 0.770. The van der Waals surface area contributed by atoms with Gasteiger partial charge in [-0.15, -0.1) is 0 Å². The Labute approximate surface area is 88.8 Å². The summed E-state index contributed by atoms with van der Waals surface area (Å²) in [6.07, 6.45) is 5.32. The molecule has 0 aromatic carbocycles. The Hall–Kier alpha value is -0.0800. The molecule has 0 saturated heterocycles. The van der Waals surface area contributed by atoms with Gasteiger partial charge < -0.3 is 10.6 Å². The molecule has 0 amide bonds. The lowest BCUT2D eigenvalue weighted by Crippen LogP contribution is -2.53. The summed E-state index contributed by atoms with van der Waals surface area (Å²) >= 11 is 0.